The van der Waals surface area contributed by atoms with Gasteiger partial charge in [0.1, 0.15) is 0 Å². The van der Waals surface area contributed by atoms with E-state index >= 15 is 0 Å². The third-order valence-corrected chi connectivity index (χ3v) is 4.24. The van der Waals surface area contributed by atoms with E-state index in [1.807, 2.05) is 24.3 Å². The molecule has 2 atom stereocenters. The number of hydrogen-bond acceptors (Lipinski definition) is 3. The van der Waals surface area contributed by atoms with Gasteiger partial charge in [-0.15, -0.1) is 0 Å². The maximum Gasteiger partial charge on any atom is 0.416 e. The molecule has 120 valence electrons. The molecule has 2 unspecified atom stereocenters. The first kappa shape index (κ1) is 14.7. The van der Waals surface area contributed by atoms with Crippen molar-refractivity contribution in [2.24, 2.45) is 0 Å². The van der Waals surface area contributed by atoms with E-state index in [4.69, 9.17) is 14.5 Å². The van der Waals surface area contributed by atoms with Crippen LogP contribution in [0, 0.1) is 0 Å². The molecule has 4 rings (SSSR count). The Balaban J connectivity index is 1.67. The van der Waals surface area contributed by atoms with E-state index in [-0.39, 0.29) is 6.42 Å². The number of halogens is 3. The third kappa shape index (κ3) is 2.17. The molecule has 1 fully saturated rings. The van der Waals surface area contributed by atoms with Crippen molar-refractivity contribution in [2.45, 2.75) is 31.1 Å². The van der Waals surface area contributed by atoms with Crippen LogP contribution in [0.1, 0.15) is 29.2 Å². The fraction of sp³-hybridized carbons (Fsp3) is 0.294. The van der Waals surface area contributed by atoms with E-state index in [2.05, 4.69) is 0 Å². The molecule has 1 saturated heterocycles. The standard InChI is InChI=1S/C17H13F3O3/c1-15-13-4-2-3-5-14(13)16(21-15,23-22-15)10-11-6-8-12(9-7-11)17(18,19)20/h2-9H,10H2,1H3. The molecule has 0 aromatic heterocycles. The lowest BCUT2D eigenvalue weighted by Gasteiger charge is -2.24. The third-order valence-electron chi connectivity index (χ3n) is 4.24. The number of rotatable bonds is 2. The van der Waals surface area contributed by atoms with Crippen molar-refractivity contribution in [3.8, 4) is 0 Å². The SMILES string of the molecule is CC12OOC(Cc3ccc(C(F)(F)F)cc3)(O1)c1ccccc12. The lowest BCUT2D eigenvalue weighted by Crippen LogP contribution is -2.28. The minimum Gasteiger partial charge on any atom is -0.304 e. The van der Waals surface area contributed by atoms with E-state index in [0.717, 1.165) is 23.3 Å². The zero-order valence-electron chi connectivity index (χ0n) is 12.2. The van der Waals surface area contributed by atoms with Crippen LogP contribution < -0.4 is 0 Å². The molecule has 0 amide bonds. The van der Waals surface area contributed by atoms with Crippen molar-refractivity contribution >= 4 is 0 Å². The van der Waals surface area contributed by atoms with Crippen molar-refractivity contribution in [3.63, 3.8) is 0 Å². The molecular formula is C17H13F3O3. The van der Waals surface area contributed by atoms with Crippen molar-refractivity contribution < 1.29 is 27.7 Å². The Morgan fingerprint density at radius 1 is 0.913 bits per heavy atom. The van der Waals surface area contributed by atoms with E-state index in [1.54, 1.807) is 6.92 Å². The summed E-state index contributed by atoms with van der Waals surface area (Å²) >= 11 is 0. The molecule has 2 aliphatic rings. The largest absolute Gasteiger partial charge is 0.416 e. The summed E-state index contributed by atoms with van der Waals surface area (Å²) in [6.07, 6.45) is -4.09. The molecule has 3 nitrogen and oxygen atoms in total. The Hall–Kier alpha value is -1.89. The van der Waals surface area contributed by atoms with Crippen LogP contribution in [0.2, 0.25) is 0 Å². The molecule has 0 N–H and O–H groups in total. The first-order valence-electron chi connectivity index (χ1n) is 7.16. The van der Waals surface area contributed by atoms with Crippen LogP contribution in [0.5, 0.6) is 0 Å². The van der Waals surface area contributed by atoms with Gasteiger partial charge in [0.05, 0.1) is 5.56 Å². The summed E-state index contributed by atoms with van der Waals surface area (Å²) in [6.45, 7) is 1.76. The predicted molar refractivity (Wildman–Crippen MR) is 73.9 cm³/mol. The second kappa shape index (κ2) is 4.56. The van der Waals surface area contributed by atoms with Gasteiger partial charge in [-0.05, 0) is 24.6 Å². The summed E-state index contributed by atoms with van der Waals surface area (Å²) in [5.74, 6) is -2.10. The Morgan fingerprint density at radius 2 is 1.57 bits per heavy atom. The molecule has 2 aromatic carbocycles. The summed E-state index contributed by atoms with van der Waals surface area (Å²) in [5, 5.41) is 0. The minimum absolute atomic E-state index is 0.262. The molecule has 0 spiro atoms. The van der Waals surface area contributed by atoms with E-state index in [9.17, 15) is 13.2 Å². The molecule has 2 aromatic rings. The van der Waals surface area contributed by atoms with Crippen LogP contribution in [-0.4, -0.2) is 0 Å². The fourth-order valence-electron chi connectivity index (χ4n) is 3.15. The summed E-state index contributed by atoms with van der Waals surface area (Å²) in [5.41, 5.74) is 1.70. The van der Waals surface area contributed by atoms with Gasteiger partial charge in [-0.1, -0.05) is 36.4 Å². The molecule has 6 heteroatoms. The lowest BCUT2D eigenvalue weighted by atomic mass is 9.93. The molecular weight excluding hydrogens is 309 g/mol. The summed E-state index contributed by atoms with van der Waals surface area (Å²) in [4.78, 5) is 10.7. The van der Waals surface area contributed by atoms with Crippen LogP contribution in [-0.2, 0) is 38.7 Å². The smallest absolute Gasteiger partial charge is 0.304 e. The summed E-state index contributed by atoms with van der Waals surface area (Å²) in [7, 11) is 0. The van der Waals surface area contributed by atoms with E-state index < -0.39 is 23.3 Å². The fourth-order valence-corrected chi connectivity index (χ4v) is 3.15. The Morgan fingerprint density at radius 3 is 2.22 bits per heavy atom. The first-order chi connectivity index (χ1) is 10.8. The molecule has 2 heterocycles. The van der Waals surface area contributed by atoms with Gasteiger partial charge in [0.2, 0.25) is 11.6 Å². The zero-order valence-corrected chi connectivity index (χ0v) is 12.2. The summed E-state index contributed by atoms with van der Waals surface area (Å²) in [6, 6.07) is 12.5. The molecule has 2 aliphatic heterocycles. The minimum atomic E-state index is -4.35. The molecule has 0 saturated carbocycles. The van der Waals surface area contributed by atoms with E-state index in [1.165, 1.54) is 12.1 Å². The van der Waals surface area contributed by atoms with Gasteiger partial charge >= 0.3 is 6.18 Å². The number of benzene rings is 2. The van der Waals surface area contributed by atoms with E-state index in [0.29, 0.717) is 5.56 Å². The lowest BCUT2D eigenvalue weighted by molar-refractivity contribution is -0.364. The van der Waals surface area contributed by atoms with Gasteiger partial charge in [-0.3, -0.25) is 0 Å². The molecule has 2 bridgehead atoms. The Bertz CT molecular complexity index is 756. The quantitative estimate of drug-likeness (QED) is 0.773. The average molecular weight is 322 g/mol. The molecule has 0 radical (unpaired) electrons. The Kier molecular flexibility index (Phi) is 2.91. The first-order valence-corrected chi connectivity index (χ1v) is 7.16. The van der Waals surface area contributed by atoms with Crippen molar-refractivity contribution in [1.29, 1.82) is 0 Å². The number of alkyl halides is 3. The van der Waals surface area contributed by atoms with Gasteiger partial charge in [0.25, 0.3) is 0 Å². The van der Waals surface area contributed by atoms with Gasteiger partial charge < -0.3 is 4.74 Å². The van der Waals surface area contributed by atoms with Crippen LogP contribution >= 0.6 is 0 Å². The van der Waals surface area contributed by atoms with Crippen molar-refractivity contribution in [2.75, 3.05) is 0 Å². The van der Waals surface area contributed by atoms with Crippen molar-refractivity contribution in [3.05, 3.63) is 70.8 Å². The van der Waals surface area contributed by atoms with Crippen LogP contribution in [0.3, 0.4) is 0 Å². The normalized spacial score (nSPS) is 28.9. The second-order valence-corrected chi connectivity index (χ2v) is 5.88. The van der Waals surface area contributed by atoms with Crippen LogP contribution in [0.4, 0.5) is 13.2 Å². The monoisotopic (exact) mass is 322 g/mol. The number of fused-ring (bicyclic) bond motifs is 5. The van der Waals surface area contributed by atoms with Crippen molar-refractivity contribution in [1.82, 2.24) is 0 Å². The second-order valence-electron chi connectivity index (χ2n) is 5.88. The molecule has 23 heavy (non-hydrogen) atoms. The topological polar surface area (TPSA) is 27.7 Å². The highest BCUT2D eigenvalue weighted by Crippen LogP contribution is 2.55. The van der Waals surface area contributed by atoms with Crippen LogP contribution in [0.25, 0.3) is 0 Å². The molecule has 0 aliphatic carbocycles. The average Bonchev–Trinajstić information content (AvgIpc) is 2.97. The predicted octanol–water partition coefficient (Wildman–Crippen LogP) is 4.27. The summed E-state index contributed by atoms with van der Waals surface area (Å²) < 4.78 is 43.9. The maximum atomic E-state index is 12.7. The highest BCUT2D eigenvalue weighted by Gasteiger charge is 2.61. The number of hydrogen-bond donors (Lipinski definition) is 0. The highest BCUT2D eigenvalue weighted by atomic mass is 19.4. The Labute approximate surface area is 130 Å². The van der Waals surface area contributed by atoms with Gasteiger partial charge in [0, 0.05) is 17.5 Å². The number of ether oxygens (including phenoxy) is 1. The van der Waals surface area contributed by atoms with Crippen LogP contribution in [0.15, 0.2) is 48.5 Å². The maximum absolute atomic E-state index is 12.7. The van der Waals surface area contributed by atoms with Gasteiger partial charge in [-0.2, -0.15) is 22.9 Å². The van der Waals surface area contributed by atoms with Gasteiger partial charge in [0.15, 0.2) is 0 Å². The highest BCUT2D eigenvalue weighted by molar-refractivity contribution is 5.40. The van der Waals surface area contributed by atoms with Gasteiger partial charge in [-0.25, -0.2) is 0 Å². The zero-order chi connectivity index (χ0) is 16.3.